The molecule has 252 valence electrons. The van der Waals surface area contributed by atoms with Crippen molar-refractivity contribution in [3.8, 4) is 11.1 Å². The van der Waals surface area contributed by atoms with Gasteiger partial charge in [0, 0.05) is 64.6 Å². The lowest BCUT2D eigenvalue weighted by atomic mass is 9.96. The van der Waals surface area contributed by atoms with Gasteiger partial charge in [-0.3, -0.25) is 24.7 Å². The fraction of sp³-hybridized carbons (Fsp3) is 0.588. The van der Waals surface area contributed by atoms with Gasteiger partial charge < -0.3 is 20.2 Å². The van der Waals surface area contributed by atoms with Crippen molar-refractivity contribution >= 4 is 23.6 Å². The number of likely N-dealkylation sites (N-methyl/N-ethyl adjacent to an activating group) is 1. The van der Waals surface area contributed by atoms with Crippen molar-refractivity contribution in [3.63, 3.8) is 0 Å². The maximum absolute atomic E-state index is 13.8. The molecule has 0 spiro atoms. The Morgan fingerprint density at radius 3 is 2.39 bits per heavy atom. The lowest BCUT2D eigenvalue weighted by Gasteiger charge is -2.38. The van der Waals surface area contributed by atoms with E-state index in [2.05, 4.69) is 44.5 Å². The van der Waals surface area contributed by atoms with E-state index in [1.165, 1.54) is 5.56 Å². The number of piperazine rings is 1. The molecule has 3 heterocycles. The zero-order valence-corrected chi connectivity index (χ0v) is 28.1. The molecular formula is C34H51N7O5. The Morgan fingerprint density at radius 1 is 1.02 bits per heavy atom. The summed E-state index contributed by atoms with van der Waals surface area (Å²) in [6.07, 6.45) is 4.03. The number of likely N-dealkylation sites (tertiary alicyclic amines) is 1. The number of carbonyl (C=O) groups is 3. The van der Waals surface area contributed by atoms with Gasteiger partial charge in [-0.05, 0) is 76.2 Å². The summed E-state index contributed by atoms with van der Waals surface area (Å²) in [5.41, 5.74) is 2.82. The van der Waals surface area contributed by atoms with E-state index in [0.717, 1.165) is 68.2 Å². The van der Waals surface area contributed by atoms with Crippen LogP contribution in [0.25, 0.3) is 11.1 Å². The number of aryl methyl sites for hydroxylation is 1. The molecule has 12 nitrogen and oxygen atoms in total. The first-order chi connectivity index (χ1) is 21.9. The van der Waals surface area contributed by atoms with Gasteiger partial charge in [-0.15, -0.1) is 0 Å². The third kappa shape index (κ3) is 10.8. The van der Waals surface area contributed by atoms with Crippen LogP contribution in [0.2, 0.25) is 0 Å². The highest BCUT2D eigenvalue weighted by atomic mass is 16.6. The lowest BCUT2D eigenvalue weighted by Crippen LogP contribution is -2.51. The first-order valence-electron chi connectivity index (χ1n) is 16.4. The van der Waals surface area contributed by atoms with E-state index in [9.17, 15) is 19.6 Å². The van der Waals surface area contributed by atoms with Crippen molar-refractivity contribution in [2.24, 2.45) is 5.92 Å². The summed E-state index contributed by atoms with van der Waals surface area (Å²) in [5, 5.41) is 15.9. The van der Waals surface area contributed by atoms with E-state index in [4.69, 9.17) is 4.74 Å². The fourth-order valence-corrected chi connectivity index (χ4v) is 5.86. The van der Waals surface area contributed by atoms with Crippen molar-refractivity contribution in [1.82, 2.24) is 30.1 Å². The zero-order valence-electron chi connectivity index (χ0n) is 28.1. The standard InChI is InChI=1S/C34H51N7O5/c1-6-25-8-7-9-27(20-25)28-21-29(37-33(44)46-34(2,3)4)31(36-22-28)32(43)41-18-16-40(17-19-41)23-26-10-13-39(14-11-26)24-30(42)35-12-15-38(5)45/h7-9,20-22,26,45H,6,10-19,23-24H2,1-5H3,(H,35,42)(H,37,44). The van der Waals surface area contributed by atoms with Gasteiger partial charge in [-0.25, -0.2) is 9.78 Å². The average Bonchev–Trinajstić information content (AvgIpc) is 3.01. The molecule has 2 saturated heterocycles. The number of benzene rings is 1. The Hall–Kier alpha value is -3.58. The molecule has 0 atom stereocenters. The van der Waals surface area contributed by atoms with Crippen LogP contribution in [0.3, 0.4) is 0 Å². The number of hydroxylamine groups is 2. The first kappa shape index (κ1) is 35.3. The smallest absolute Gasteiger partial charge is 0.412 e. The first-order valence-corrected chi connectivity index (χ1v) is 16.4. The summed E-state index contributed by atoms with van der Waals surface area (Å²) in [4.78, 5) is 49.7. The molecule has 0 bridgehead atoms. The summed E-state index contributed by atoms with van der Waals surface area (Å²) in [6, 6.07) is 9.96. The van der Waals surface area contributed by atoms with E-state index in [0.29, 0.717) is 44.3 Å². The highest BCUT2D eigenvalue weighted by Crippen LogP contribution is 2.27. The molecule has 3 N–H and O–H groups in total. The molecule has 0 radical (unpaired) electrons. The molecule has 12 heteroatoms. The predicted octanol–water partition coefficient (Wildman–Crippen LogP) is 3.57. The van der Waals surface area contributed by atoms with Crippen LogP contribution in [-0.4, -0.2) is 126 Å². The second kappa shape index (κ2) is 16.3. The van der Waals surface area contributed by atoms with Crippen LogP contribution in [0.15, 0.2) is 36.5 Å². The summed E-state index contributed by atoms with van der Waals surface area (Å²) >= 11 is 0. The number of ether oxygens (including phenoxy) is 1. The van der Waals surface area contributed by atoms with Crippen LogP contribution in [0.1, 0.15) is 56.6 Å². The van der Waals surface area contributed by atoms with E-state index in [-0.39, 0.29) is 17.5 Å². The topological polar surface area (TPSA) is 131 Å². The number of carbonyl (C=O) groups excluding carboxylic acids is 3. The maximum Gasteiger partial charge on any atom is 0.412 e. The van der Waals surface area contributed by atoms with Gasteiger partial charge in [0.2, 0.25) is 5.91 Å². The minimum Gasteiger partial charge on any atom is -0.444 e. The molecule has 2 aliphatic heterocycles. The minimum atomic E-state index is -0.686. The number of nitrogens with zero attached hydrogens (tertiary/aromatic N) is 5. The van der Waals surface area contributed by atoms with Gasteiger partial charge in [0.1, 0.15) is 5.60 Å². The molecule has 3 amide bonds. The minimum absolute atomic E-state index is 0.0135. The summed E-state index contributed by atoms with van der Waals surface area (Å²) in [6.45, 7) is 14.1. The fourth-order valence-electron chi connectivity index (χ4n) is 5.86. The third-order valence-corrected chi connectivity index (χ3v) is 8.40. The Morgan fingerprint density at radius 2 is 1.74 bits per heavy atom. The Kier molecular flexibility index (Phi) is 12.5. The molecule has 4 rings (SSSR count). The summed E-state index contributed by atoms with van der Waals surface area (Å²) in [7, 11) is 1.56. The quantitative estimate of drug-likeness (QED) is 0.317. The molecule has 1 aromatic carbocycles. The van der Waals surface area contributed by atoms with Gasteiger partial charge in [0.15, 0.2) is 5.69 Å². The maximum atomic E-state index is 13.8. The molecule has 2 fully saturated rings. The molecule has 2 aliphatic rings. The average molecular weight is 638 g/mol. The summed E-state index contributed by atoms with van der Waals surface area (Å²) in [5.74, 6) is 0.326. The Balaban J connectivity index is 1.32. The van der Waals surface area contributed by atoms with Crippen LogP contribution in [0, 0.1) is 5.92 Å². The van der Waals surface area contributed by atoms with Crippen LogP contribution in [0.5, 0.6) is 0 Å². The number of nitrogens with one attached hydrogen (secondary N) is 2. The van der Waals surface area contributed by atoms with Crippen molar-refractivity contribution < 1.29 is 24.3 Å². The number of hydrogen-bond acceptors (Lipinski definition) is 9. The normalized spacial score (nSPS) is 16.8. The van der Waals surface area contributed by atoms with Crippen LogP contribution in [-0.2, 0) is 16.0 Å². The molecule has 0 aliphatic carbocycles. The third-order valence-electron chi connectivity index (χ3n) is 8.40. The van der Waals surface area contributed by atoms with Crippen LogP contribution < -0.4 is 10.6 Å². The molecule has 0 saturated carbocycles. The molecular weight excluding hydrogens is 586 g/mol. The molecule has 2 aromatic rings. The zero-order chi connectivity index (χ0) is 33.3. The number of rotatable bonds is 11. The van der Waals surface area contributed by atoms with E-state index < -0.39 is 11.7 Å². The van der Waals surface area contributed by atoms with Gasteiger partial charge >= 0.3 is 6.09 Å². The number of hydrogen-bond donors (Lipinski definition) is 3. The van der Waals surface area contributed by atoms with Crippen molar-refractivity contribution in [2.45, 2.75) is 52.6 Å². The van der Waals surface area contributed by atoms with Crippen molar-refractivity contribution in [2.75, 3.05) is 77.8 Å². The van der Waals surface area contributed by atoms with Gasteiger partial charge in [-0.1, -0.05) is 31.2 Å². The van der Waals surface area contributed by atoms with Gasteiger partial charge in [0.05, 0.1) is 12.2 Å². The van der Waals surface area contributed by atoms with E-state index in [1.54, 1.807) is 40.1 Å². The van der Waals surface area contributed by atoms with Crippen molar-refractivity contribution in [1.29, 1.82) is 0 Å². The second-order valence-electron chi connectivity index (χ2n) is 13.3. The number of aromatic nitrogens is 1. The molecule has 46 heavy (non-hydrogen) atoms. The summed E-state index contributed by atoms with van der Waals surface area (Å²) < 4.78 is 5.50. The second-order valence-corrected chi connectivity index (χ2v) is 13.3. The number of pyridine rings is 1. The highest BCUT2D eigenvalue weighted by Gasteiger charge is 2.29. The monoisotopic (exact) mass is 637 g/mol. The number of piperidine rings is 1. The Labute approximate surface area is 273 Å². The van der Waals surface area contributed by atoms with Crippen molar-refractivity contribution in [3.05, 3.63) is 47.8 Å². The van der Waals surface area contributed by atoms with E-state index >= 15 is 0 Å². The van der Waals surface area contributed by atoms with E-state index in [1.807, 2.05) is 17.0 Å². The number of amides is 3. The lowest BCUT2D eigenvalue weighted by molar-refractivity contribution is -0.123. The largest absolute Gasteiger partial charge is 0.444 e. The Bertz CT molecular complexity index is 1330. The SMILES string of the molecule is CCc1cccc(-c2cnc(C(=O)N3CCN(CC4CCN(CC(=O)NCCN(C)O)CC4)CC3)c(NC(=O)OC(C)(C)C)c2)c1. The van der Waals surface area contributed by atoms with Crippen LogP contribution in [0.4, 0.5) is 10.5 Å². The highest BCUT2D eigenvalue weighted by molar-refractivity contribution is 6.01. The molecule has 0 unspecified atom stereocenters. The van der Waals surface area contributed by atoms with Gasteiger partial charge in [0.25, 0.3) is 5.91 Å². The number of anilines is 1. The van der Waals surface area contributed by atoms with Crippen LogP contribution >= 0.6 is 0 Å². The van der Waals surface area contributed by atoms with Gasteiger partial charge in [-0.2, -0.15) is 5.06 Å². The molecule has 1 aromatic heterocycles. The predicted molar refractivity (Wildman–Crippen MR) is 178 cm³/mol.